The minimum absolute atomic E-state index is 0.0751. The molecule has 0 saturated heterocycles. The maximum Gasteiger partial charge on any atom is 0.306 e. The number of hydrogen-bond donors (Lipinski definition) is 0. The summed E-state index contributed by atoms with van der Waals surface area (Å²) in [6, 6.07) is 0. The molecule has 0 aromatic rings. The van der Waals surface area contributed by atoms with E-state index >= 15 is 0 Å². The van der Waals surface area contributed by atoms with E-state index in [2.05, 4.69) is 69.4 Å². The molecule has 6 nitrogen and oxygen atoms in total. The van der Waals surface area contributed by atoms with Crippen LogP contribution in [0.1, 0.15) is 348 Å². The van der Waals surface area contributed by atoms with Crippen LogP contribution >= 0.6 is 0 Å². The molecule has 0 heterocycles. The quantitative estimate of drug-likeness (QED) is 0.0261. The van der Waals surface area contributed by atoms with Crippen LogP contribution in [0.2, 0.25) is 0 Å². The van der Waals surface area contributed by atoms with Crippen molar-refractivity contribution in [2.45, 2.75) is 354 Å². The highest BCUT2D eigenvalue weighted by molar-refractivity contribution is 5.71. The van der Waals surface area contributed by atoms with Gasteiger partial charge in [-0.3, -0.25) is 14.4 Å². The van der Waals surface area contributed by atoms with E-state index in [4.69, 9.17) is 14.2 Å². The Morgan fingerprint density at radius 3 is 0.757 bits per heavy atom. The van der Waals surface area contributed by atoms with Crippen molar-refractivity contribution in [2.75, 3.05) is 13.2 Å². The summed E-state index contributed by atoms with van der Waals surface area (Å²) in [4.78, 5) is 38.3. The molecule has 0 rings (SSSR count). The first-order chi connectivity index (χ1) is 36.5. The molecule has 0 aromatic carbocycles. The Morgan fingerprint density at radius 1 is 0.270 bits per heavy atom. The molecular weight excluding hydrogens is 913 g/mol. The number of esters is 3. The Labute approximate surface area is 460 Å². The molecule has 74 heavy (non-hydrogen) atoms. The summed E-state index contributed by atoms with van der Waals surface area (Å²) in [7, 11) is 0. The summed E-state index contributed by atoms with van der Waals surface area (Å²) in [5.41, 5.74) is 0. The van der Waals surface area contributed by atoms with Crippen LogP contribution in [0.15, 0.2) is 48.6 Å². The van der Waals surface area contributed by atoms with Gasteiger partial charge in [0.15, 0.2) is 6.10 Å². The number of rotatable bonds is 60. The third-order valence-electron chi connectivity index (χ3n) is 14.5. The molecule has 0 aliphatic heterocycles. The Bertz CT molecular complexity index is 1280. The van der Waals surface area contributed by atoms with E-state index in [-0.39, 0.29) is 31.1 Å². The lowest BCUT2D eigenvalue weighted by Gasteiger charge is -2.18. The van der Waals surface area contributed by atoms with Crippen molar-refractivity contribution in [1.29, 1.82) is 0 Å². The molecule has 1 unspecified atom stereocenters. The lowest BCUT2D eigenvalue weighted by molar-refractivity contribution is -0.167. The third kappa shape index (κ3) is 60.2. The van der Waals surface area contributed by atoms with Crippen LogP contribution in [0.4, 0.5) is 0 Å². The predicted octanol–water partition coefficient (Wildman–Crippen LogP) is 22.2. The van der Waals surface area contributed by atoms with E-state index in [0.29, 0.717) is 19.3 Å². The highest BCUT2D eigenvalue weighted by Gasteiger charge is 2.19. The molecule has 1 atom stereocenters. The number of carbonyl (C=O) groups is 3. The van der Waals surface area contributed by atoms with Gasteiger partial charge >= 0.3 is 17.9 Å². The van der Waals surface area contributed by atoms with Gasteiger partial charge in [-0.1, -0.05) is 275 Å². The van der Waals surface area contributed by atoms with Crippen LogP contribution in [0.5, 0.6) is 0 Å². The standard InChI is InChI=1S/C68H124O6/c1-4-7-10-13-16-19-22-25-28-30-32-33-34-35-37-38-40-43-46-49-52-55-58-61-67(70)73-64-65(63-72-66(69)60-57-54-51-48-45-42-27-24-21-18-15-12-9-6-3)74-68(71)62-59-56-53-50-47-44-41-39-36-31-29-26-23-20-17-14-11-8-5-2/h22,24-27,29-30,32,65H,4-21,23,28,31,33-64H2,1-3H3/b25-22-,27-24-,29-26-,32-30-. The molecule has 0 aliphatic rings. The van der Waals surface area contributed by atoms with Crippen LogP contribution in [0.3, 0.4) is 0 Å². The molecule has 6 heteroatoms. The SMILES string of the molecule is CCCCCCC/C=C\C/C=C\CCCCCCCCCCCCCC(=O)OCC(COC(=O)CCCCCCC/C=C\CCCCCCC)OC(=O)CCCCCCCCCCC/C=C\CCCCCCCC. The Morgan fingerprint density at radius 2 is 0.486 bits per heavy atom. The first-order valence-corrected chi connectivity index (χ1v) is 32.6. The van der Waals surface area contributed by atoms with Gasteiger partial charge in [0.05, 0.1) is 0 Å². The Kier molecular flexibility index (Phi) is 60.7. The van der Waals surface area contributed by atoms with Gasteiger partial charge in [0.1, 0.15) is 13.2 Å². The van der Waals surface area contributed by atoms with Crippen molar-refractivity contribution in [1.82, 2.24) is 0 Å². The maximum atomic E-state index is 12.9. The highest BCUT2D eigenvalue weighted by atomic mass is 16.6. The zero-order valence-corrected chi connectivity index (χ0v) is 49.6. The molecule has 0 fully saturated rings. The number of unbranched alkanes of at least 4 members (excludes halogenated alkanes) is 41. The summed E-state index contributed by atoms with van der Waals surface area (Å²) >= 11 is 0. The number of ether oxygens (including phenoxy) is 3. The lowest BCUT2D eigenvalue weighted by atomic mass is 10.0. The molecule has 0 spiro atoms. The Hall–Kier alpha value is -2.63. The van der Waals surface area contributed by atoms with Gasteiger partial charge < -0.3 is 14.2 Å². The van der Waals surface area contributed by atoms with Crippen molar-refractivity contribution < 1.29 is 28.6 Å². The summed E-state index contributed by atoms with van der Waals surface area (Å²) in [5, 5.41) is 0. The summed E-state index contributed by atoms with van der Waals surface area (Å²) < 4.78 is 16.9. The van der Waals surface area contributed by atoms with E-state index < -0.39 is 6.10 Å². The maximum absolute atomic E-state index is 12.9. The van der Waals surface area contributed by atoms with Gasteiger partial charge in [-0.2, -0.15) is 0 Å². The average Bonchev–Trinajstić information content (AvgIpc) is 3.40. The minimum atomic E-state index is -0.778. The van der Waals surface area contributed by atoms with Gasteiger partial charge in [0.2, 0.25) is 0 Å². The van der Waals surface area contributed by atoms with Crippen LogP contribution in [-0.2, 0) is 28.6 Å². The van der Waals surface area contributed by atoms with Gasteiger partial charge in [-0.25, -0.2) is 0 Å². The summed E-state index contributed by atoms with van der Waals surface area (Å²) in [6.45, 7) is 6.66. The molecule has 432 valence electrons. The zero-order valence-electron chi connectivity index (χ0n) is 49.6. The van der Waals surface area contributed by atoms with Gasteiger partial charge in [-0.15, -0.1) is 0 Å². The highest BCUT2D eigenvalue weighted by Crippen LogP contribution is 2.17. The number of allylic oxidation sites excluding steroid dienone is 8. The summed E-state index contributed by atoms with van der Waals surface area (Å²) in [6.07, 6.45) is 78.3. The number of hydrogen-bond acceptors (Lipinski definition) is 6. The normalized spacial score (nSPS) is 12.3. The molecule has 0 bridgehead atoms. The van der Waals surface area contributed by atoms with Gasteiger partial charge in [0.25, 0.3) is 0 Å². The van der Waals surface area contributed by atoms with Crippen molar-refractivity contribution in [3.05, 3.63) is 48.6 Å². The van der Waals surface area contributed by atoms with Gasteiger partial charge in [0, 0.05) is 19.3 Å². The van der Waals surface area contributed by atoms with Gasteiger partial charge in [-0.05, 0) is 103 Å². The molecule has 0 amide bonds. The van der Waals surface area contributed by atoms with E-state index in [1.165, 1.54) is 238 Å². The second-order valence-electron chi connectivity index (χ2n) is 22.0. The largest absolute Gasteiger partial charge is 0.462 e. The molecule has 0 saturated carbocycles. The summed E-state index contributed by atoms with van der Waals surface area (Å²) in [5.74, 6) is -0.868. The van der Waals surface area contributed by atoms with Crippen molar-refractivity contribution in [3.63, 3.8) is 0 Å². The monoisotopic (exact) mass is 1040 g/mol. The third-order valence-corrected chi connectivity index (χ3v) is 14.5. The fraction of sp³-hybridized carbons (Fsp3) is 0.838. The second kappa shape index (κ2) is 62.9. The molecular formula is C68H124O6. The lowest BCUT2D eigenvalue weighted by Crippen LogP contribution is -2.30. The van der Waals surface area contributed by atoms with E-state index in [0.717, 1.165) is 70.6 Å². The second-order valence-corrected chi connectivity index (χ2v) is 22.0. The van der Waals surface area contributed by atoms with Crippen LogP contribution in [0.25, 0.3) is 0 Å². The predicted molar refractivity (Wildman–Crippen MR) is 321 cm³/mol. The number of carbonyl (C=O) groups excluding carboxylic acids is 3. The smallest absolute Gasteiger partial charge is 0.306 e. The van der Waals surface area contributed by atoms with E-state index in [1.807, 2.05) is 0 Å². The van der Waals surface area contributed by atoms with Crippen molar-refractivity contribution in [2.24, 2.45) is 0 Å². The average molecular weight is 1040 g/mol. The minimum Gasteiger partial charge on any atom is -0.462 e. The van der Waals surface area contributed by atoms with Crippen molar-refractivity contribution >= 4 is 17.9 Å². The fourth-order valence-corrected chi connectivity index (χ4v) is 9.58. The molecule has 0 aromatic heterocycles. The topological polar surface area (TPSA) is 78.9 Å². The first kappa shape index (κ1) is 71.4. The van der Waals surface area contributed by atoms with Crippen molar-refractivity contribution in [3.8, 4) is 0 Å². The van der Waals surface area contributed by atoms with Crippen LogP contribution in [0, 0.1) is 0 Å². The fourth-order valence-electron chi connectivity index (χ4n) is 9.58. The molecule has 0 N–H and O–H groups in total. The first-order valence-electron chi connectivity index (χ1n) is 32.6. The molecule has 0 radical (unpaired) electrons. The Balaban J connectivity index is 4.31. The van der Waals surface area contributed by atoms with Crippen LogP contribution < -0.4 is 0 Å². The van der Waals surface area contributed by atoms with E-state index in [9.17, 15) is 14.4 Å². The molecule has 0 aliphatic carbocycles. The van der Waals surface area contributed by atoms with E-state index in [1.54, 1.807) is 0 Å². The zero-order chi connectivity index (χ0) is 53.6. The van der Waals surface area contributed by atoms with Crippen LogP contribution in [-0.4, -0.2) is 37.2 Å².